The van der Waals surface area contributed by atoms with E-state index >= 15 is 0 Å². The predicted molar refractivity (Wildman–Crippen MR) is 64.3 cm³/mol. The van der Waals surface area contributed by atoms with Crippen molar-refractivity contribution in [1.82, 2.24) is 4.98 Å². The van der Waals surface area contributed by atoms with Crippen LogP contribution in [0.4, 0.5) is 22.0 Å². The van der Waals surface area contributed by atoms with Crippen LogP contribution in [0.1, 0.15) is 17.7 Å². The van der Waals surface area contributed by atoms with Gasteiger partial charge in [-0.1, -0.05) is 0 Å². The summed E-state index contributed by atoms with van der Waals surface area (Å²) in [5.74, 6) is -1.71. The number of nitrogens with zero attached hydrogens (tertiary/aromatic N) is 1. The van der Waals surface area contributed by atoms with E-state index in [0.29, 0.717) is 0 Å². The fourth-order valence-corrected chi connectivity index (χ4v) is 2.08. The third-order valence-electron chi connectivity index (χ3n) is 2.06. The summed E-state index contributed by atoms with van der Waals surface area (Å²) < 4.78 is 69.6. The van der Waals surface area contributed by atoms with Crippen LogP contribution in [-0.2, 0) is 16.0 Å². The molecule has 0 amide bonds. The quantitative estimate of drug-likeness (QED) is 0.434. The van der Waals surface area contributed by atoms with Crippen LogP contribution in [0.5, 0.6) is 5.75 Å². The first-order chi connectivity index (χ1) is 9.15. The Kier molecular flexibility index (Phi) is 5.48. The van der Waals surface area contributed by atoms with Crippen molar-refractivity contribution in [3.63, 3.8) is 0 Å². The Morgan fingerprint density at radius 2 is 2.05 bits per heavy atom. The Balaban J connectivity index is 3.29. The summed E-state index contributed by atoms with van der Waals surface area (Å²) in [7, 11) is 1.04. The monoisotopic (exact) mass is 411 g/mol. The number of pyridine rings is 1. The molecule has 0 atom stereocenters. The van der Waals surface area contributed by atoms with Gasteiger partial charge in [0.1, 0.15) is 11.4 Å². The van der Waals surface area contributed by atoms with Gasteiger partial charge in [0.25, 0.3) is 6.43 Å². The molecule has 0 bridgehead atoms. The lowest BCUT2D eigenvalue weighted by molar-refractivity contribution is -0.275. The first-order valence-electron chi connectivity index (χ1n) is 4.93. The molecule has 0 aliphatic heterocycles. The molecular weight excluding hydrogens is 404 g/mol. The lowest BCUT2D eigenvalue weighted by Gasteiger charge is -2.16. The van der Waals surface area contributed by atoms with E-state index in [1.54, 1.807) is 0 Å². The van der Waals surface area contributed by atoms with Gasteiger partial charge >= 0.3 is 12.3 Å². The predicted octanol–water partition coefficient (Wildman–Crippen LogP) is 3.24. The number of halogens is 6. The molecule has 112 valence electrons. The van der Waals surface area contributed by atoms with Crippen LogP contribution in [0.3, 0.4) is 0 Å². The largest absolute Gasteiger partial charge is 0.573 e. The topological polar surface area (TPSA) is 48.4 Å². The second-order valence-corrected chi connectivity index (χ2v) is 4.49. The van der Waals surface area contributed by atoms with Gasteiger partial charge in [-0.15, -0.1) is 13.2 Å². The highest BCUT2D eigenvalue weighted by atomic mass is 127. The van der Waals surface area contributed by atoms with Gasteiger partial charge in [0, 0.05) is 11.8 Å². The molecule has 0 aromatic carbocycles. The second-order valence-electron chi connectivity index (χ2n) is 3.41. The maximum atomic E-state index is 12.6. The molecule has 1 aromatic heterocycles. The van der Waals surface area contributed by atoms with Crippen molar-refractivity contribution in [1.29, 1.82) is 0 Å². The highest BCUT2D eigenvalue weighted by molar-refractivity contribution is 14.1. The van der Waals surface area contributed by atoms with Crippen molar-refractivity contribution in [3.05, 3.63) is 21.0 Å². The van der Waals surface area contributed by atoms with Crippen LogP contribution in [0.25, 0.3) is 0 Å². The summed E-state index contributed by atoms with van der Waals surface area (Å²) in [6.45, 7) is 0. The lowest BCUT2D eigenvalue weighted by Crippen LogP contribution is -2.20. The molecule has 0 N–H and O–H groups in total. The molecule has 0 spiro atoms. The zero-order valence-electron chi connectivity index (χ0n) is 9.80. The van der Waals surface area contributed by atoms with E-state index in [1.165, 1.54) is 22.6 Å². The number of aromatic nitrogens is 1. The number of methoxy groups -OCH3 is 1. The summed E-state index contributed by atoms with van der Waals surface area (Å²) >= 11 is 1.26. The van der Waals surface area contributed by atoms with E-state index in [0.717, 1.165) is 13.3 Å². The molecule has 0 radical (unpaired) electrons. The number of carbonyl (C=O) groups is 1. The van der Waals surface area contributed by atoms with E-state index < -0.39 is 40.2 Å². The third kappa shape index (κ3) is 4.42. The van der Waals surface area contributed by atoms with Crippen molar-refractivity contribution in [2.24, 2.45) is 0 Å². The number of rotatable bonds is 4. The first-order valence-corrected chi connectivity index (χ1v) is 6.01. The molecule has 0 saturated heterocycles. The van der Waals surface area contributed by atoms with Crippen LogP contribution in [0.2, 0.25) is 0 Å². The molecule has 20 heavy (non-hydrogen) atoms. The molecule has 1 rings (SSSR count). The Labute approximate surface area is 123 Å². The smallest absolute Gasteiger partial charge is 0.469 e. The normalized spacial score (nSPS) is 11.6. The van der Waals surface area contributed by atoms with Gasteiger partial charge in [-0.3, -0.25) is 9.78 Å². The summed E-state index contributed by atoms with van der Waals surface area (Å²) in [5.41, 5.74) is -1.14. The number of hydrogen-bond acceptors (Lipinski definition) is 4. The number of ether oxygens (including phenoxy) is 2. The van der Waals surface area contributed by atoms with E-state index in [-0.39, 0.29) is 5.56 Å². The first kappa shape index (κ1) is 16.9. The Morgan fingerprint density at radius 3 is 2.50 bits per heavy atom. The molecule has 0 unspecified atom stereocenters. The van der Waals surface area contributed by atoms with Crippen molar-refractivity contribution in [2.45, 2.75) is 19.2 Å². The Bertz CT molecular complexity index is 506. The minimum absolute atomic E-state index is 0.289. The summed E-state index contributed by atoms with van der Waals surface area (Å²) in [5, 5.41) is 0. The number of hydrogen-bond donors (Lipinski definition) is 0. The summed E-state index contributed by atoms with van der Waals surface area (Å²) in [6.07, 6.45) is -7.98. The molecule has 0 aliphatic carbocycles. The van der Waals surface area contributed by atoms with E-state index in [1.807, 2.05) is 0 Å². The van der Waals surface area contributed by atoms with E-state index in [2.05, 4.69) is 14.5 Å². The van der Waals surface area contributed by atoms with E-state index in [9.17, 15) is 26.7 Å². The number of alkyl halides is 5. The molecule has 1 heterocycles. The van der Waals surface area contributed by atoms with E-state index in [4.69, 9.17) is 0 Å². The van der Waals surface area contributed by atoms with Crippen LogP contribution in [-0.4, -0.2) is 24.4 Å². The maximum Gasteiger partial charge on any atom is 0.573 e. The molecule has 0 fully saturated rings. The molecule has 0 saturated carbocycles. The van der Waals surface area contributed by atoms with Crippen LogP contribution in [0.15, 0.2) is 6.20 Å². The fourth-order valence-electron chi connectivity index (χ4n) is 1.25. The Hall–Kier alpha value is -1.20. The van der Waals surface area contributed by atoms with Crippen molar-refractivity contribution >= 4 is 28.6 Å². The minimum Gasteiger partial charge on any atom is -0.469 e. The summed E-state index contributed by atoms with van der Waals surface area (Å²) in [6, 6.07) is 0. The van der Waals surface area contributed by atoms with Gasteiger partial charge in [0.2, 0.25) is 0 Å². The molecule has 4 nitrogen and oxygen atoms in total. The maximum absolute atomic E-state index is 12.6. The lowest BCUT2D eigenvalue weighted by atomic mass is 10.1. The van der Waals surface area contributed by atoms with Gasteiger partial charge in [-0.25, -0.2) is 8.78 Å². The standard InChI is InChI=1S/C10H7F5INO3/c1-19-5(18)2-4-3-17-7(9(11)12)6(16)8(4)20-10(13,14)15/h3,9H,2H2,1H3. The second kappa shape index (κ2) is 6.50. The van der Waals surface area contributed by atoms with Crippen molar-refractivity contribution < 1.29 is 36.2 Å². The van der Waals surface area contributed by atoms with Crippen LogP contribution in [0, 0.1) is 3.57 Å². The number of carbonyl (C=O) groups excluding carboxylic acids is 1. The zero-order chi connectivity index (χ0) is 15.5. The minimum atomic E-state index is -5.08. The zero-order valence-corrected chi connectivity index (χ0v) is 12.0. The highest BCUT2D eigenvalue weighted by Crippen LogP contribution is 2.35. The molecule has 10 heteroatoms. The van der Waals surface area contributed by atoms with Crippen LogP contribution < -0.4 is 4.74 Å². The Morgan fingerprint density at radius 1 is 1.45 bits per heavy atom. The van der Waals surface area contributed by atoms with Gasteiger partial charge in [-0.2, -0.15) is 0 Å². The van der Waals surface area contributed by atoms with Crippen molar-refractivity contribution in [3.8, 4) is 5.75 Å². The van der Waals surface area contributed by atoms with Crippen molar-refractivity contribution in [2.75, 3.05) is 7.11 Å². The highest BCUT2D eigenvalue weighted by Gasteiger charge is 2.35. The fraction of sp³-hybridized carbons (Fsp3) is 0.400. The average Bonchev–Trinajstić information content (AvgIpc) is 2.31. The van der Waals surface area contributed by atoms with Gasteiger partial charge in [0.05, 0.1) is 17.1 Å². The average molecular weight is 411 g/mol. The van der Waals surface area contributed by atoms with Crippen LogP contribution >= 0.6 is 22.6 Å². The van der Waals surface area contributed by atoms with Gasteiger partial charge in [-0.05, 0) is 22.6 Å². The van der Waals surface area contributed by atoms with Gasteiger partial charge in [0.15, 0.2) is 0 Å². The SMILES string of the molecule is COC(=O)Cc1cnc(C(F)F)c(I)c1OC(F)(F)F. The molecule has 1 aromatic rings. The molecule has 0 aliphatic rings. The third-order valence-corrected chi connectivity index (χ3v) is 3.10. The molecular formula is C10H7F5INO3. The number of esters is 1. The summed E-state index contributed by atoms with van der Waals surface area (Å²) in [4.78, 5) is 14.4. The van der Waals surface area contributed by atoms with Gasteiger partial charge < -0.3 is 9.47 Å².